The zero-order valence-corrected chi connectivity index (χ0v) is 11.3. The van der Waals surface area contributed by atoms with Gasteiger partial charge in [0, 0.05) is 12.2 Å². The predicted octanol–water partition coefficient (Wildman–Crippen LogP) is 1.92. The number of anilines is 1. The van der Waals surface area contributed by atoms with Crippen molar-refractivity contribution in [1.82, 2.24) is 4.98 Å². The number of hydrogen-bond acceptors (Lipinski definition) is 5. The van der Waals surface area contributed by atoms with E-state index >= 15 is 0 Å². The van der Waals surface area contributed by atoms with Crippen molar-refractivity contribution in [1.29, 1.82) is 0 Å². The van der Waals surface area contributed by atoms with Crippen LogP contribution in [-0.2, 0) is 9.53 Å². The molecule has 0 aliphatic heterocycles. The number of rotatable bonds is 5. The van der Waals surface area contributed by atoms with E-state index in [0.29, 0.717) is 17.8 Å². The standard InChI is InChI=1S/C14H18N2O4/c1-2-20-14(19)10-6-4-8-15-12(10)16-11-7-3-5-9(11)13(17)18/h4,6,8-9,11H,2-3,5,7H2,1H3,(H,15,16)(H,17,18). The second-order valence-electron chi connectivity index (χ2n) is 4.75. The van der Waals surface area contributed by atoms with E-state index in [4.69, 9.17) is 4.74 Å². The first kappa shape index (κ1) is 14.3. The Balaban J connectivity index is 2.17. The van der Waals surface area contributed by atoms with E-state index in [0.717, 1.165) is 12.8 Å². The van der Waals surface area contributed by atoms with Crippen molar-refractivity contribution in [3.63, 3.8) is 0 Å². The van der Waals surface area contributed by atoms with Gasteiger partial charge in [-0.05, 0) is 31.9 Å². The van der Waals surface area contributed by atoms with Crippen LogP contribution in [0.15, 0.2) is 18.3 Å². The number of aromatic nitrogens is 1. The molecule has 1 aromatic rings. The lowest BCUT2D eigenvalue weighted by atomic mass is 10.0. The molecule has 0 aromatic carbocycles. The molecule has 2 atom stereocenters. The number of carbonyl (C=O) groups excluding carboxylic acids is 1. The first-order chi connectivity index (χ1) is 9.63. The smallest absolute Gasteiger partial charge is 0.341 e. The van der Waals surface area contributed by atoms with E-state index in [-0.39, 0.29) is 12.6 Å². The van der Waals surface area contributed by atoms with Gasteiger partial charge in [0.1, 0.15) is 11.4 Å². The summed E-state index contributed by atoms with van der Waals surface area (Å²) in [5.74, 6) is -1.31. The van der Waals surface area contributed by atoms with Crippen LogP contribution in [0, 0.1) is 5.92 Å². The third kappa shape index (κ3) is 3.07. The van der Waals surface area contributed by atoms with Gasteiger partial charge < -0.3 is 15.2 Å². The largest absolute Gasteiger partial charge is 0.481 e. The Morgan fingerprint density at radius 1 is 1.50 bits per heavy atom. The maximum Gasteiger partial charge on any atom is 0.341 e. The summed E-state index contributed by atoms with van der Waals surface area (Å²) in [7, 11) is 0. The van der Waals surface area contributed by atoms with Crippen molar-refractivity contribution in [3.8, 4) is 0 Å². The fraction of sp³-hybridized carbons (Fsp3) is 0.500. The molecular formula is C14H18N2O4. The van der Waals surface area contributed by atoms with Gasteiger partial charge in [0.15, 0.2) is 0 Å². The molecule has 1 saturated carbocycles. The summed E-state index contributed by atoms with van der Waals surface area (Å²) in [6.07, 6.45) is 3.83. The highest BCUT2D eigenvalue weighted by Crippen LogP contribution is 2.29. The molecule has 2 rings (SSSR count). The summed E-state index contributed by atoms with van der Waals surface area (Å²) in [6.45, 7) is 2.02. The lowest BCUT2D eigenvalue weighted by Gasteiger charge is -2.19. The molecule has 1 aliphatic carbocycles. The molecule has 0 spiro atoms. The summed E-state index contributed by atoms with van der Waals surface area (Å²) in [5, 5.41) is 12.3. The number of carboxylic acid groups (broad SMARTS) is 1. The van der Waals surface area contributed by atoms with Crippen LogP contribution in [0.25, 0.3) is 0 Å². The van der Waals surface area contributed by atoms with Crippen LogP contribution in [0.4, 0.5) is 5.82 Å². The Morgan fingerprint density at radius 3 is 3.00 bits per heavy atom. The Labute approximate surface area is 117 Å². The highest BCUT2D eigenvalue weighted by atomic mass is 16.5. The second kappa shape index (κ2) is 6.36. The minimum absolute atomic E-state index is 0.199. The highest BCUT2D eigenvalue weighted by molar-refractivity contribution is 5.94. The number of aliphatic carboxylic acids is 1. The van der Waals surface area contributed by atoms with Crippen LogP contribution in [0.2, 0.25) is 0 Å². The molecule has 6 heteroatoms. The Hall–Kier alpha value is -2.11. The molecule has 0 saturated heterocycles. The third-order valence-corrected chi connectivity index (χ3v) is 3.46. The molecule has 6 nitrogen and oxygen atoms in total. The minimum atomic E-state index is -0.811. The SMILES string of the molecule is CCOC(=O)c1cccnc1NC1CCCC1C(=O)O. The quantitative estimate of drug-likeness (QED) is 0.800. The van der Waals surface area contributed by atoms with E-state index in [2.05, 4.69) is 10.3 Å². The topological polar surface area (TPSA) is 88.5 Å². The van der Waals surface area contributed by atoms with Gasteiger partial charge >= 0.3 is 11.9 Å². The van der Waals surface area contributed by atoms with Gasteiger partial charge in [-0.3, -0.25) is 4.79 Å². The fourth-order valence-corrected chi connectivity index (χ4v) is 2.50. The molecule has 1 aliphatic rings. The molecular weight excluding hydrogens is 260 g/mol. The molecule has 20 heavy (non-hydrogen) atoms. The third-order valence-electron chi connectivity index (χ3n) is 3.46. The average Bonchev–Trinajstić information content (AvgIpc) is 2.88. The maximum atomic E-state index is 11.8. The minimum Gasteiger partial charge on any atom is -0.481 e. The van der Waals surface area contributed by atoms with Gasteiger partial charge in [0.2, 0.25) is 0 Å². The van der Waals surface area contributed by atoms with E-state index in [1.807, 2.05) is 0 Å². The summed E-state index contributed by atoms with van der Waals surface area (Å²) in [6, 6.07) is 3.08. The number of hydrogen-bond donors (Lipinski definition) is 2. The van der Waals surface area contributed by atoms with E-state index < -0.39 is 17.9 Å². The van der Waals surface area contributed by atoms with Crippen LogP contribution < -0.4 is 5.32 Å². The van der Waals surface area contributed by atoms with Gasteiger partial charge in [-0.25, -0.2) is 9.78 Å². The van der Waals surface area contributed by atoms with Gasteiger partial charge in [-0.15, -0.1) is 0 Å². The van der Waals surface area contributed by atoms with Crippen LogP contribution in [0.3, 0.4) is 0 Å². The maximum absolute atomic E-state index is 11.8. The number of pyridine rings is 1. The molecule has 1 fully saturated rings. The fourth-order valence-electron chi connectivity index (χ4n) is 2.50. The Bertz CT molecular complexity index is 504. The van der Waals surface area contributed by atoms with Crippen molar-refractivity contribution >= 4 is 17.8 Å². The Morgan fingerprint density at radius 2 is 2.30 bits per heavy atom. The van der Waals surface area contributed by atoms with E-state index in [1.54, 1.807) is 25.3 Å². The number of carboxylic acids is 1. The molecule has 0 bridgehead atoms. The summed E-state index contributed by atoms with van der Waals surface area (Å²) < 4.78 is 4.97. The predicted molar refractivity (Wildman–Crippen MR) is 72.6 cm³/mol. The lowest BCUT2D eigenvalue weighted by molar-refractivity contribution is -0.141. The summed E-state index contributed by atoms with van der Waals surface area (Å²) >= 11 is 0. The molecule has 2 N–H and O–H groups in total. The normalized spacial score (nSPS) is 21.4. The van der Waals surface area contributed by atoms with Crippen molar-refractivity contribution < 1.29 is 19.4 Å². The van der Waals surface area contributed by atoms with Crippen LogP contribution >= 0.6 is 0 Å². The van der Waals surface area contributed by atoms with Crippen molar-refractivity contribution in [3.05, 3.63) is 23.9 Å². The van der Waals surface area contributed by atoms with Crippen LogP contribution in [0.5, 0.6) is 0 Å². The zero-order chi connectivity index (χ0) is 14.5. The Kier molecular flexibility index (Phi) is 4.55. The number of carbonyl (C=O) groups is 2. The van der Waals surface area contributed by atoms with E-state index in [9.17, 15) is 14.7 Å². The van der Waals surface area contributed by atoms with Crippen LogP contribution in [0.1, 0.15) is 36.5 Å². The monoisotopic (exact) mass is 278 g/mol. The summed E-state index contributed by atoms with van der Waals surface area (Å²) in [4.78, 5) is 27.1. The van der Waals surface area contributed by atoms with E-state index in [1.165, 1.54) is 0 Å². The number of esters is 1. The molecule has 2 unspecified atom stereocenters. The molecule has 0 radical (unpaired) electrons. The second-order valence-corrected chi connectivity index (χ2v) is 4.75. The average molecular weight is 278 g/mol. The van der Waals surface area contributed by atoms with Crippen LogP contribution in [-0.4, -0.2) is 34.7 Å². The molecule has 1 heterocycles. The first-order valence-corrected chi connectivity index (χ1v) is 6.75. The highest BCUT2D eigenvalue weighted by Gasteiger charge is 2.33. The number of nitrogens with zero attached hydrogens (tertiary/aromatic N) is 1. The number of ether oxygens (including phenoxy) is 1. The van der Waals surface area contributed by atoms with Crippen molar-refractivity contribution in [2.75, 3.05) is 11.9 Å². The molecule has 1 aromatic heterocycles. The summed E-state index contributed by atoms with van der Waals surface area (Å²) in [5.41, 5.74) is 0.338. The van der Waals surface area contributed by atoms with Gasteiger partial charge in [0.25, 0.3) is 0 Å². The lowest BCUT2D eigenvalue weighted by Crippen LogP contribution is -2.30. The molecule has 0 amide bonds. The first-order valence-electron chi connectivity index (χ1n) is 6.75. The van der Waals surface area contributed by atoms with Crippen molar-refractivity contribution in [2.24, 2.45) is 5.92 Å². The zero-order valence-electron chi connectivity index (χ0n) is 11.3. The molecule has 108 valence electrons. The van der Waals surface area contributed by atoms with Gasteiger partial charge in [0.05, 0.1) is 12.5 Å². The van der Waals surface area contributed by atoms with Crippen molar-refractivity contribution in [2.45, 2.75) is 32.2 Å². The van der Waals surface area contributed by atoms with Gasteiger partial charge in [-0.2, -0.15) is 0 Å². The number of nitrogens with one attached hydrogen (secondary N) is 1. The van der Waals surface area contributed by atoms with Gasteiger partial charge in [-0.1, -0.05) is 6.42 Å².